The van der Waals surface area contributed by atoms with Crippen LogP contribution in [0.2, 0.25) is 0 Å². The first-order valence-electron chi connectivity index (χ1n) is 4.09. The predicted octanol–water partition coefficient (Wildman–Crippen LogP) is 1.50. The summed E-state index contributed by atoms with van der Waals surface area (Å²) in [6.45, 7) is 0. The molecule has 0 fully saturated rings. The normalized spacial score (nSPS) is 11.3. The molecule has 0 heterocycles. The van der Waals surface area contributed by atoms with E-state index in [2.05, 4.69) is 0 Å². The van der Waals surface area contributed by atoms with Crippen LogP contribution in [0.1, 0.15) is 10.4 Å². The summed E-state index contributed by atoms with van der Waals surface area (Å²) < 4.78 is 21.4. The van der Waals surface area contributed by atoms with Gasteiger partial charge in [-0.05, 0) is 24.3 Å². The van der Waals surface area contributed by atoms with Crippen molar-refractivity contribution < 1.29 is 23.5 Å². The van der Waals surface area contributed by atoms with Crippen LogP contribution in [0.4, 0.5) is 0 Å². The van der Waals surface area contributed by atoms with Crippen molar-refractivity contribution in [2.45, 2.75) is 0 Å². The third-order valence-electron chi connectivity index (χ3n) is 1.91. The van der Waals surface area contributed by atoms with Crippen molar-refractivity contribution >= 4 is 18.9 Å². The Morgan fingerprint density at radius 2 is 1.67 bits per heavy atom. The summed E-state index contributed by atoms with van der Waals surface area (Å²) in [6, 6.07) is 5.53. The topological polar surface area (TPSA) is 72.8 Å². The Bertz CT molecular complexity index is 389. The average Bonchev–Trinajstić information content (AvgIpc) is 2.28. The van der Waals surface area contributed by atoms with Crippen molar-refractivity contribution in [1.29, 1.82) is 0 Å². The minimum absolute atomic E-state index is 0.123. The van der Waals surface area contributed by atoms with Crippen LogP contribution in [-0.2, 0) is 13.6 Å². The quantitative estimate of drug-likeness (QED) is 0.793. The number of carboxylic acid groups (broad SMARTS) is 1. The van der Waals surface area contributed by atoms with Gasteiger partial charge in [0.15, 0.2) is 0 Å². The Kier molecular flexibility index (Phi) is 3.63. The van der Waals surface area contributed by atoms with E-state index in [0.717, 1.165) is 0 Å². The number of carbonyl (C=O) groups is 1. The van der Waals surface area contributed by atoms with Crippen LogP contribution in [0.3, 0.4) is 0 Å². The molecule has 0 spiro atoms. The lowest BCUT2D eigenvalue weighted by molar-refractivity contribution is 0.0697. The molecule has 1 aromatic carbocycles. The van der Waals surface area contributed by atoms with E-state index in [1.807, 2.05) is 0 Å². The van der Waals surface area contributed by atoms with Crippen LogP contribution in [0.25, 0.3) is 0 Å². The fourth-order valence-electron chi connectivity index (χ4n) is 1.07. The molecule has 0 bridgehead atoms. The molecule has 15 heavy (non-hydrogen) atoms. The molecule has 5 nitrogen and oxygen atoms in total. The van der Waals surface area contributed by atoms with Gasteiger partial charge in [0.05, 0.1) is 10.9 Å². The van der Waals surface area contributed by atoms with Gasteiger partial charge in [0.1, 0.15) is 0 Å². The molecule has 0 radical (unpaired) electrons. The molecule has 82 valence electrons. The lowest BCUT2D eigenvalue weighted by atomic mass is 10.2. The minimum atomic E-state index is -3.28. The molecule has 1 aromatic rings. The zero-order valence-electron chi connectivity index (χ0n) is 8.34. The summed E-state index contributed by atoms with van der Waals surface area (Å²) >= 11 is 0. The van der Waals surface area contributed by atoms with E-state index >= 15 is 0 Å². The average molecular weight is 230 g/mol. The van der Waals surface area contributed by atoms with Gasteiger partial charge in [-0.2, -0.15) is 0 Å². The highest BCUT2D eigenvalue weighted by Crippen LogP contribution is 2.44. The van der Waals surface area contributed by atoms with Gasteiger partial charge in [0.2, 0.25) is 0 Å². The predicted molar refractivity (Wildman–Crippen MR) is 54.7 cm³/mol. The van der Waals surface area contributed by atoms with Crippen molar-refractivity contribution in [1.82, 2.24) is 0 Å². The van der Waals surface area contributed by atoms with E-state index in [-0.39, 0.29) is 5.56 Å². The van der Waals surface area contributed by atoms with E-state index in [1.54, 1.807) is 0 Å². The van der Waals surface area contributed by atoms with Crippen molar-refractivity contribution in [3.05, 3.63) is 29.8 Å². The molecular formula is C9H11O5P. The van der Waals surface area contributed by atoms with Crippen molar-refractivity contribution in [3.63, 3.8) is 0 Å². The van der Waals surface area contributed by atoms with Crippen LogP contribution in [0.5, 0.6) is 0 Å². The number of carboxylic acids is 1. The summed E-state index contributed by atoms with van der Waals surface area (Å²) in [5, 5.41) is 8.99. The summed E-state index contributed by atoms with van der Waals surface area (Å²) in [4.78, 5) is 10.6. The molecule has 0 saturated heterocycles. The number of hydrogen-bond donors (Lipinski definition) is 1. The smallest absolute Gasteiger partial charge is 0.360 e. The Hall–Kier alpha value is -1.16. The number of aromatic carboxylic acids is 1. The van der Waals surface area contributed by atoms with Crippen molar-refractivity contribution in [3.8, 4) is 0 Å². The first-order valence-corrected chi connectivity index (χ1v) is 5.63. The second kappa shape index (κ2) is 4.57. The Balaban J connectivity index is 3.08. The standard InChI is InChI=1S/C9H11O5P/c1-13-15(12,14-2)8-5-3-7(4-6-8)9(10)11/h3-6H,1-2H3,(H,10,11). The molecule has 6 heteroatoms. The molecule has 0 saturated carbocycles. The molecule has 0 amide bonds. The van der Waals surface area contributed by atoms with E-state index in [4.69, 9.17) is 14.2 Å². The summed E-state index contributed by atoms with van der Waals surface area (Å²) in [7, 11) is -0.730. The highest BCUT2D eigenvalue weighted by atomic mass is 31.2. The van der Waals surface area contributed by atoms with Gasteiger partial charge in [-0.25, -0.2) is 4.79 Å². The summed E-state index contributed by atoms with van der Waals surface area (Å²) in [5.74, 6) is -1.04. The monoisotopic (exact) mass is 230 g/mol. The number of hydrogen-bond acceptors (Lipinski definition) is 4. The molecule has 1 rings (SSSR count). The second-order valence-electron chi connectivity index (χ2n) is 2.71. The van der Waals surface area contributed by atoms with Gasteiger partial charge < -0.3 is 14.2 Å². The maximum absolute atomic E-state index is 11.8. The first-order chi connectivity index (χ1) is 7.03. The van der Waals surface area contributed by atoms with Gasteiger partial charge >= 0.3 is 13.6 Å². The maximum Gasteiger partial charge on any atom is 0.360 e. The molecular weight excluding hydrogens is 219 g/mol. The molecule has 0 aliphatic carbocycles. The fraction of sp³-hybridized carbons (Fsp3) is 0.222. The van der Waals surface area contributed by atoms with Crippen LogP contribution in [0.15, 0.2) is 24.3 Å². The van der Waals surface area contributed by atoms with Gasteiger partial charge in [0.25, 0.3) is 0 Å². The molecule has 1 N–H and O–H groups in total. The zero-order valence-corrected chi connectivity index (χ0v) is 9.23. The lowest BCUT2D eigenvalue weighted by Gasteiger charge is -2.13. The minimum Gasteiger partial charge on any atom is -0.478 e. The Morgan fingerprint density at radius 3 is 2.00 bits per heavy atom. The molecule has 0 atom stereocenters. The van der Waals surface area contributed by atoms with Crippen LogP contribution in [0, 0.1) is 0 Å². The zero-order chi connectivity index (χ0) is 11.5. The van der Waals surface area contributed by atoms with Gasteiger partial charge in [-0.3, -0.25) is 4.57 Å². The third kappa shape index (κ3) is 2.45. The van der Waals surface area contributed by atoms with Gasteiger partial charge in [0, 0.05) is 14.2 Å². The first kappa shape index (κ1) is 11.9. The highest BCUT2D eigenvalue weighted by molar-refractivity contribution is 7.62. The molecule has 0 aliphatic heterocycles. The third-order valence-corrected chi connectivity index (χ3v) is 3.80. The lowest BCUT2D eigenvalue weighted by Crippen LogP contribution is -2.08. The molecule has 0 aromatic heterocycles. The van der Waals surface area contributed by atoms with E-state index < -0.39 is 13.6 Å². The van der Waals surface area contributed by atoms with Crippen LogP contribution >= 0.6 is 7.60 Å². The van der Waals surface area contributed by atoms with Crippen LogP contribution < -0.4 is 5.30 Å². The van der Waals surface area contributed by atoms with E-state index in [0.29, 0.717) is 5.30 Å². The maximum atomic E-state index is 11.8. The largest absolute Gasteiger partial charge is 0.478 e. The Morgan fingerprint density at radius 1 is 1.20 bits per heavy atom. The van der Waals surface area contributed by atoms with E-state index in [9.17, 15) is 9.36 Å². The SMILES string of the molecule is COP(=O)(OC)c1ccc(C(=O)O)cc1. The van der Waals surface area contributed by atoms with Gasteiger partial charge in [-0.1, -0.05) is 0 Å². The van der Waals surface area contributed by atoms with E-state index in [1.165, 1.54) is 38.5 Å². The van der Waals surface area contributed by atoms with Crippen molar-refractivity contribution in [2.75, 3.05) is 14.2 Å². The summed E-state index contributed by atoms with van der Waals surface area (Å²) in [6.07, 6.45) is 0. The fourth-order valence-corrected chi connectivity index (χ4v) is 2.16. The summed E-state index contributed by atoms with van der Waals surface area (Å²) in [5.41, 5.74) is 0.123. The molecule has 0 aliphatic rings. The Labute approximate surface area is 87.2 Å². The number of rotatable bonds is 4. The highest BCUT2D eigenvalue weighted by Gasteiger charge is 2.24. The number of benzene rings is 1. The second-order valence-corrected chi connectivity index (χ2v) is 4.96. The van der Waals surface area contributed by atoms with Crippen LogP contribution in [-0.4, -0.2) is 25.3 Å². The molecule has 0 unspecified atom stereocenters. The van der Waals surface area contributed by atoms with Crippen molar-refractivity contribution in [2.24, 2.45) is 0 Å². The van der Waals surface area contributed by atoms with Gasteiger partial charge in [-0.15, -0.1) is 0 Å².